The second-order valence-electron chi connectivity index (χ2n) is 13.8. The van der Waals surface area contributed by atoms with Crippen LogP contribution in [0.25, 0.3) is 0 Å². The summed E-state index contributed by atoms with van der Waals surface area (Å²) >= 11 is 2.42. The van der Waals surface area contributed by atoms with Gasteiger partial charge in [-0.1, -0.05) is 56.4 Å². The van der Waals surface area contributed by atoms with Gasteiger partial charge in [-0.25, -0.2) is 0 Å². The number of nitrogens with one attached hydrogen (secondary N) is 2. The maximum atomic E-state index is 12.9. The number of azo groups is 1. The van der Waals surface area contributed by atoms with Crippen LogP contribution in [-0.4, -0.2) is 74.4 Å². The highest BCUT2D eigenvalue weighted by Crippen LogP contribution is 2.46. The second kappa shape index (κ2) is 17.2. The van der Waals surface area contributed by atoms with Crippen LogP contribution in [-0.2, 0) is 30.9 Å². The van der Waals surface area contributed by atoms with Crippen LogP contribution in [0.1, 0.15) is 65.5 Å². The Labute approximate surface area is 333 Å². The van der Waals surface area contributed by atoms with Gasteiger partial charge in [0.05, 0.1) is 11.4 Å². The number of halogens is 6. The number of sulfonamides is 2. The molecule has 4 N–H and O–H groups in total. The van der Waals surface area contributed by atoms with E-state index in [1.54, 1.807) is 27.1 Å². The smallest absolute Gasteiger partial charge is 0.374 e. The maximum absolute atomic E-state index is 12.9. The van der Waals surface area contributed by atoms with Gasteiger partial charge in [0.25, 0.3) is 5.13 Å². The van der Waals surface area contributed by atoms with Gasteiger partial charge in [0.1, 0.15) is 16.7 Å². The number of hydrogen-bond donors (Lipinski definition) is 3. The highest BCUT2D eigenvalue weighted by molar-refractivity contribution is 7.93. The molecule has 0 bridgehead atoms. The number of hydrogen-bond acceptors (Lipinski definition) is 15. The van der Waals surface area contributed by atoms with Gasteiger partial charge in [-0.05, 0) is 72.9 Å². The minimum atomic E-state index is -5.62. The van der Waals surface area contributed by atoms with Crippen molar-refractivity contribution in [2.75, 3.05) is 51.2 Å². The SMILES string of the molecule is CCN1CCC(C)(C)c2cc(N=Nc3nncs3)c(NS(=O)(=O)C(F)(F)F)cc21.CCN1CCC(C)(C)c2ccc(NS(=O)(=O)C(F)(F)F)cc21.Nc1nncs1. The molecule has 0 saturated heterocycles. The van der Waals surface area contributed by atoms with Crippen molar-refractivity contribution in [3.05, 3.63) is 52.5 Å². The Morgan fingerprint density at radius 1 is 0.754 bits per heavy atom. The van der Waals surface area contributed by atoms with E-state index >= 15 is 0 Å². The Morgan fingerprint density at radius 3 is 1.75 bits per heavy atom. The summed E-state index contributed by atoms with van der Waals surface area (Å²) in [6.45, 7) is 14.9. The summed E-state index contributed by atoms with van der Waals surface area (Å²) in [5.74, 6) is 0. The highest BCUT2D eigenvalue weighted by atomic mass is 32.2. The Morgan fingerprint density at radius 2 is 1.28 bits per heavy atom. The summed E-state index contributed by atoms with van der Waals surface area (Å²) in [7, 11) is -11.0. The summed E-state index contributed by atoms with van der Waals surface area (Å²) < 4.78 is 125. The summed E-state index contributed by atoms with van der Waals surface area (Å²) in [5, 5.41) is 22.8. The summed E-state index contributed by atoms with van der Waals surface area (Å²) in [5.41, 5.74) is -0.105. The first-order chi connectivity index (χ1) is 26.3. The summed E-state index contributed by atoms with van der Waals surface area (Å²) in [6, 6.07) is 7.52. The maximum Gasteiger partial charge on any atom is 0.516 e. The Hall–Kier alpha value is -4.36. The number of anilines is 5. The molecule has 0 saturated carbocycles. The molecule has 0 unspecified atom stereocenters. The molecule has 0 atom stereocenters. The fraction of sp³-hybridized carbons (Fsp3) is 0.500. The number of nitrogens with zero attached hydrogens (tertiary/aromatic N) is 8. The van der Waals surface area contributed by atoms with Gasteiger partial charge < -0.3 is 15.5 Å². The quantitative estimate of drug-likeness (QED) is 0.114. The average molecular weight is 886 g/mol. The van der Waals surface area contributed by atoms with E-state index in [2.05, 4.69) is 44.5 Å². The van der Waals surface area contributed by atoms with Crippen molar-refractivity contribution in [1.82, 2.24) is 20.4 Å². The molecule has 2 aromatic heterocycles. The molecule has 6 rings (SSSR count). The first kappa shape index (κ1) is 45.3. The van der Waals surface area contributed by atoms with Crippen LogP contribution in [0, 0.1) is 0 Å². The van der Waals surface area contributed by atoms with E-state index < -0.39 is 31.1 Å². The molecule has 2 aliphatic heterocycles. The standard InChI is InChI=1S/C16H19F3N6O2S2.C14H19F3N2O2S.C2H3N3S/c1-4-25-6-5-15(2,3)10-7-11(21-23-14-22-20-9-28-14)12(8-13(10)25)24-29(26,27)16(17,18)19;1-4-19-8-7-13(2,3)11-6-5-10(9-12(11)19)18-22(20,21)14(15,16)17;3-2-5-4-1-6-2/h7-9,24H,4-6H2,1-3H3;5-6,9,18H,4,7-8H2,1-3H3;1H,(H2,3,5). The number of benzene rings is 2. The van der Waals surface area contributed by atoms with Gasteiger partial charge in [-0.15, -0.1) is 30.6 Å². The topological polar surface area (TPSA) is 201 Å². The zero-order chi connectivity index (χ0) is 42.6. The van der Waals surface area contributed by atoms with Gasteiger partial charge >= 0.3 is 31.1 Å². The molecule has 4 aromatic rings. The van der Waals surface area contributed by atoms with Crippen LogP contribution < -0.4 is 25.0 Å². The lowest BCUT2D eigenvalue weighted by molar-refractivity contribution is -0.0435. The van der Waals surface area contributed by atoms with Gasteiger partial charge in [-0.2, -0.15) is 43.2 Å². The Bertz CT molecular complexity index is 2230. The molecule has 15 nitrogen and oxygen atoms in total. The number of nitrogen functional groups attached to an aromatic ring is 1. The molecule has 0 aliphatic carbocycles. The van der Waals surface area contributed by atoms with Crippen molar-refractivity contribution in [2.24, 2.45) is 10.2 Å². The number of alkyl halides is 6. The molecule has 2 aliphatic rings. The third kappa shape index (κ3) is 11.0. The zero-order valence-corrected chi connectivity index (χ0v) is 34.7. The number of fused-ring (bicyclic) bond motifs is 2. The van der Waals surface area contributed by atoms with Gasteiger partial charge in [-0.3, -0.25) is 9.44 Å². The fourth-order valence-electron chi connectivity index (χ4n) is 5.87. The monoisotopic (exact) mass is 885 g/mol. The molecular formula is C32H41F6N11O4S4. The molecule has 57 heavy (non-hydrogen) atoms. The van der Waals surface area contributed by atoms with Crippen molar-refractivity contribution in [3.63, 3.8) is 0 Å². The third-order valence-corrected chi connectivity index (χ3v) is 12.4. The van der Waals surface area contributed by atoms with Crippen molar-refractivity contribution in [3.8, 4) is 0 Å². The van der Waals surface area contributed by atoms with E-state index in [4.69, 9.17) is 5.73 Å². The molecule has 0 fully saturated rings. The normalized spacial score (nSPS) is 16.4. The van der Waals surface area contributed by atoms with E-state index in [-0.39, 0.29) is 33.0 Å². The zero-order valence-electron chi connectivity index (χ0n) is 31.5. The molecule has 0 radical (unpaired) electrons. The first-order valence-corrected chi connectivity index (χ1v) is 21.7. The van der Waals surface area contributed by atoms with Crippen LogP contribution >= 0.6 is 22.7 Å². The highest BCUT2D eigenvalue weighted by Gasteiger charge is 2.47. The van der Waals surface area contributed by atoms with Crippen molar-refractivity contribution >= 4 is 81.4 Å². The lowest BCUT2D eigenvalue weighted by Crippen LogP contribution is -2.37. The second-order valence-corrected chi connectivity index (χ2v) is 18.9. The molecule has 2 aromatic carbocycles. The van der Waals surface area contributed by atoms with Gasteiger partial charge in [0.15, 0.2) is 0 Å². The van der Waals surface area contributed by atoms with Crippen molar-refractivity contribution in [1.29, 1.82) is 0 Å². The molecule has 314 valence electrons. The van der Waals surface area contributed by atoms with Crippen molar-refractivity contribution < 1.29 is 43.2 Å². The van der Waals surface area contributed by atoms with Gasteiger partial charge in [0, 0.05) is 37.6 Å². The van der Waals surface area contributed by atoms with Crippen LogP contribution in [0.5, 0.6) is 0 Å². The number of rotatable bonds is 8. The predicted molar refractivity (Wildman–Crippen MR) is 210 cm³/mol. The molecule has 0 spiro atoms. The van der Waals surface area contributed by atoms with E-state index in [1.165, 1.54) is 35.0 Å². The van der Waals surface area contributed by atoms with Crippen LogP contribution in [0.15, 0.2) is 51.6 Å². The van der Waals surface area contributed by atoms with E-state index in [0.717, 1.165) is 47.5 Å². The Kier molecular flexibility index (Phi) is 13.7. The number of aromatic nitrogens is 4. The largest absolute Gasteiger partial charge is 0.516 e. The van der Waals surface area contributed by atoms with E-state index in [1.807, 2.05) is 37.5 Å². The molecule has 4 heterocycles. The average Bonchev–Trinajstić information content (AvgIpc) is 3.81. The molecule has 0 amide bonds. The summed E-state index contributed by atoms with van der Waals surface area (Å²) in [6.07, 6.45) is 1.76. The van der Waals surface area contributed by atoms with Crippen LogP contribution in [0.2, 0.25) is 0 Å². The molecular weight excluding hydrogens is 845 g/mol. The predicted octanol–water partition coefficient (Wildman–Crippen LogP) is 8.30. The molecule has 25 heteroatoms. The fourth-order valence-corrected chi connectivity index (χ4v) is 7.66. The van der Waals surface area contributed by atoms with Gasteiger partial charge in [0.2, 0.25) is 5.13 Å². The van der Waals surface area contributed by atoms with E-state index in [9.17, 15) is 43.2 Å². The summed E-state index contributed by atoms with van der Waals surface area (Å²) in [4.78, 5) is 4.02. The van der Waals surface area contributed by atoms with Crippen molar-refractivity contribution in [2.45, 2.75) is 76.2 Å². The van der Waals surface area contributed by atoms with Crippen LogP contribution in [0.3, 0.4) is 0 Å². The third-order valence-electron chi connectivity index (χ3n) is 9.10. The number of nitrogens with two attached hydrogens (primary N) is 1. The van der Waals surface area contributed by atoms with Crippen LogP contribution in [0.4, 0.5) is 65.0 Å². The Balaban J connectivity index is 0.000000226. The van der Waals surface area contributed by atoms with E-state index in [0.29, 0.717) is 30.5 Å². The first-order valence-electron chi connectivity index (χ1n) is 17.0. The lowest BCUT2D eigenvalue weighted by atomic mass is 9.77. The minimum Gasteiger partial charge on any atom is -0.374 e. The lowest BCUT2D eigenvalue weighted by Gasteiger charge is -2.40. The minimum absolute atomic E-state index is 0.0298.